The Morgan fingerprint density at radius 2 is 2.06 bits per heavy atom. The van der Waals surface area contributed by atoms with Crippen LogP contribution in [0.1, 0.15) is 18.5 Å². The number of aromatic nitrogens is 1. The topological polar surface area (TPSA) is 55.9 Å². The zero-order valence-electron chi connectivity index (χ0n) is 9.32. The largest absolute Gasteiger partial charge is 1.00 e. The summed E-state index contributed by atoms with van der Waals surface area (Å²) in [4.78, 5) is 13.5. The molecule has 0 unspecified atom stereocenters. The number of carboxylic acids is 1. The maximum atomic E-state index is 10.2. The van der Waals surface area contributed by atoms with Crippen LogP contribution in [0.4, 0.5) is 0 Å². The second-order valence-electron chi connectivity index (χ2n) is 3.61. The molecule has 78 valence electrons. The molecule has 0 spiro atoms. The van der Waals surface area contributed by atoms with Gasteiger partial charge in [0, 0.05) is 17.2 Å². The van der Waals surface area contributed by atoms with Crippen molar-refractivity contribution in [2.75, 3.05) is 0 Å². The van der Waals surface area contributed by atoms with Crippen LogP contribution < -0.4 is 34.7 Å². The van der Waals surface area contributed by atoms with Crippen molar-refractivity contribution in [3.8, 4) is 0 Å². The van der Waals surface area contributed by atoms with Crippen LogP contribution in [0.3, 0.4) is 0 Å². The minimum absolute atomic E-state index is 0. The van der Waals surface area contributed by atoms with Crippen molar-refractivity contribution in [3.63, 3.8) is 0 Å². The van der Waals surface area contributed by atoms with Gasteiger partial charge in [0.1, 0.15) is 0 Å². The number of hydrogen-bond donors (Lipinski definition) is 1. The molecular weight excluding hydrogens is 213 g/mol. The summed E-state index contributed by atoms with van der Waals surface area (Å²) >= 11 is 0. The minimum atomic E-state index is -0.980. The number of benzene rings is 1. The van der Waals surface area contributed by atoms with E-state index in [0.29, 0.717) is 6.42 Å². The van der Waals surface area contributed by atoms with Gasteiger partial charge in [-0.25, -0.2) is 0 Å². The van der Waals surface area contributed by atoms with Crippen molar-refractivity contribution in [3.05, 3.63) is 36.0 Å². The summed E-state index contributed by atoms with van der Waals surface area (Å²) in [6.45, 7) is 0. The standard InChI is InChI=1S/C12H13NO2.Na/c14-12(15)7-3-5-10-8-9-4-1-2-6-11(9)13-10;/h1-2,4,6,8,13H,3,5,7H2,(H,14,15);/q;+1/p-1. The van der Waals surface area contributed by atoms with Crippen molar-refractivity contribution in [1.29, 1.82) is 0 Å². The molecule has 1 aromatic carbocycles. The van der Waals surface area contributed by atoms with Crippen molar-refractivity contribution >= 4 is 16.9 Å². The smallest absolute Gasteiger partial charge is 0.550 e. The van der Waals surface area contributed by atoms with Crippen LogP contribution in [0, 0.1) is 0 Å². The molecule has 16 heavy (non-hydrogen) atoms. The molecule has 0 amide bonds. The predicted octanol–water partition coefficient (Wildman–Crippen LogP) is -1.76. The van der Waals surface area contributed by atoms with Gasteiger partial charge in [-0.2, -0.15) is 0 Å². The normalized spacial score (nSPS) is 10.0. The van der Waals surface area contributed by atoms with E-state index >= 15 is 0 Å². The molecule has 0 aliphatic rings. The summed E-state index contributed by atoms with van der Waals surface area (Å²) in [7, 11) is 0. The van der Waals surface area contributed by atoms with Crippen LogP contribution in [0.15, 0.2) is 30.3 Å². The molecule has 0 bridgehead atoms. The quantitative estimate of drug-likeness (QED) is 0.627. The van der Waals surface area contributed by atoms with E-state index in [4.69, 9.17) is 0 Å². The zero-order valence-corrected chi connectivity index (χ0v) is 11.3. The molecule has 0 aliphatic heterocycles. The summed E-state index contributed by atoms with van der Waals surface area (Å²) < 4.78 is 0. The van der Waals surface area contributed by atoms with Crippen molar-refractivity contribution in [2.45, 2.75) is 19.3 Å². The first-order valence-corrected chi connectivity index (χ1v) is 5.02. The predicted molar refractivity (Wildman–Crippen MR) is 56.2 cm³/mol. The zero-order chi connectivity index (χ0) is 10.7. The number of rotatable bonds is 4. The number of carboxylic acid groups (broad SMARTS) is 1. The Kier molecular flexibility index (Phi) is 5.06. The summed E-state index contributed by atoms with van der Waals surface area (Å²) in [5.74, 6) is -0.980. The van der Waals surface area contributed by atoms with E-state index in [-0.39, 0.29) is 36.0 Å². The van der Waals surface area contributed by atoms with E-state index in [1.54, 1.807) is 0 Å². The maximum Gasteiger partial charge on any atom is 1.00 e. The number of H-pyrrole nitrogens is 1. The van der Waals surface area contributed by atoms with E-state index in [0.717, 1.165) is 17.6 Å². The Bertz CT molecular complexity index is 446. The molecule has 0 saturated carbocycles. The summed E-state index contributed by atoms with van der Waals surface area (Å²) in [6.07, 6.45) is 1.49. The van der Waals surface area contributed by atoms with Gasteiger partial charge in [-0.1, -0.05) is 18.2 Å². The molecule has 1 heterocycles. The molecule has 3 nitrogen and oxygen atoms in total. The third kappa shape index (κ3) is 3.37. The first-order chi connectivity index (χ1) is 7.25. The molecule has 2 rings (SSSR count). The number of carbonyl (C=O) groups excluding carboxylic acids is 1. The van der Waals surface area contributed by atoms with Crippen LogP contribution in [-0.4, -0.2) is 11.0 Å². The third-order valence-electron chi connectivity index (χ3n) is 2.41. The molecular formula is C12H12NNaO2. The molecule has 0 aliphatic carbocycles. The van der Waals surface area contributed by atoms with Gasteiger partial charge < -0.3 is 14.9 Å². The second-order valence-corrected chi connectivity index (χ2v) is 3.61. The number of carbonyl (C=O) groups is 1. The van der Waals surface area contributed by atoms with Gasteiger partial charge in [-0.05, 0) is 36.8 Å². The minimum Gasteiger partial charge on any atom is -0.550 e. The van der Waals surface area contributed by atoms with Crippen LogP contribution >= 0.6 is 0 Å². The molecule has 0 fully saturated rings. The molecule has 0 radical (unpaired) electrons. The van der Waals surface area contributed by atoms with Crippen molar-refractivity contribution < 1.29 is 39.5 Å². The second kappa shape index (κ2) is 6.09. The average Bonchev–Trinajstić information content (AvgIpc) is 2.59. The van der Waals surface area contributed by atoms with Gasteiger partial charge >= 0.3 is 29.6 Å². The molecule has 0 saturated heterocycles. The van der Waals surface area contributed by atoms with Crippen LogP contribution in [-0.2, 0) is 11.2 Å². The Labute approximate surface area is 116 Å². The summed E-state index contributed by atoms with van der Waals surface area (Å²) in [5.41, 5.74) is 2.18. The Hall–Kier alpha value is -0.770. The number of fused-ring (bicyclic) bond motifs is 1. The van der Waals surface area contributed by atoms with E-state index in [1.807, 2.05) is 24.3 Å². The molecule has 1 aromatic heterocycles. The van der Waals surface area contributed by atoms with Gasteiger partial charge in [-0.15, -0.1) is 0 Å². The molecule has 1 N–H and O–H groups in total. The van der Waals surface area contributed by atoms with Crippen LogP contribution in [0.25, 0.3) is 10.9 Å². The van der Waals surface area contributed by atoms with Crippen LogP contribution in [0.5, 0.6) is 0 Å². The summed E-state index contributed by atoms with van der Waals surface area (Å²) in [5, 5.41) is 11.4. The van der Waals surface area contributed by atoms with Crippen molar-refractivity contribution in [2.24, 2.45) is 0 Å². The number of hydrogen-bond acceptors (Lipinski definition) is 2. The molecule has 0 atom stereocenters. The fourth-order valence-electron chi connectivity index (χ4n) is 1.69. The molecule has 4 heteroatoms. The van der Waals surface area contributed by atoms with Gasteiger partial charge in [0.25, 0.3) is 0 Å². The SMILES string of the molecule is O=C([O-])CCCc1cc2ccccc2[nH]1.[Na+]. The Morgan fingerprint density at radius 1 is 1.31 bits per heavy atom. The van der Waals surface area contributed by atoms with Gasteiger partial charge in [0.05, 0.1) is 0 Å². The first-order valence-electron chi connectivity index (χ1n) is 5.02. The van der Waals surface area contributed by atoms with E-state index in [9.17, 15) is 9.90 Å². The van der Waals surface area contributed by atoms with Crippen LogP contribution in [0.2, 0.25) is 0 Å². The van der Waals surface area contributed by atoms with E-state index in [1.165, 1.54) is 5.39 Å². The fourth-order valence-corrected chi connectivity index (χ4v) is 1.69. The molecule has 2 aromatic rings. The van der Waals surface area contributed by atoms with E-state index < -0.39 is 5.97 Å². The average molecular weight is 225 g/mol. The number of aliphatic carboxylic acids is 1. The Balaban J connectivity index is 0.00000128. The fraction of sp³-hybridized carbons (Fsp3) is 0.250. The van der Waals surface area contributed by atoms with E-state index in [2.05, 4.69) is 11.1 Å². The summed E-state index contributed by atoms with van der Waals surface area (Å²) in [6, 6.07) is 10.1. The Morgan fingerprint density at radius 3 is 2.75 bits per heavy atom. The van der Waals surface area contributed by atoms with Gasteiger partial charge in [-0.3, -0.25) is 0 Å². The van der Waals surface area contributed by atoms with Crippen molar-refractivity contribution in [1.82, 2.24) is 4.98 Å². The third-order valence-corrected chi connectivity index (χ3v) is 2.41. The number of nitrogens with one attached hydrogen (secondary N) is 1. The number of aryl methyl sites for hydroxylation is 1. The number of aromatic amines is 1. The van der Waals surface area contributed by atoms with Gasteiger partial charge in [0.2, 0.25) is 0 Å². The maximum absolute atomic E-state index is 10.2. The number of para-hydroxylation sites is 1. The monoisotopic (exact) mass is 225 g/mol. The first kappa shape index (κ1) is 13.3. The van der Waals surface area contributed by atoms with Gasteiger partial charge in [0.15, 0.2) is 0 Å².